The zero-order chi connectivity index (χ0) is 23.1. The molecule has 0 fully saturated rings. The molecule has 0 atom stereocenters. The van der Waals surface area contributed by atoms with E-state index in [1.54, 1.807) is 68.6 Å². The highest BCUT2D eigenvalue weighted by Gasteiger charge is 2.27. The molecule has 3 aromatic carbocycles. The number of rotatable bonds is 8. The van der Waals surface area contributed by atoms with Gasteiger partial charge in [0.1, 0.15) is 12.3 Å². The Kier molecular flexibility index (Phi) is 7.50. The predicted octanol–water partition coefficient (Wildman–Crippen LogP) is 4.08. The maximum atomic E-state index is 13.2. The summed E-state index contributed by atoms with van der Waals surface area (Å²) >= 11 is 5.94. The van der Waals surface area contributed by atoms with E-state index in [1.807, 2.05) is 12.1 Å². The van der Waals surface area contributed by atoms with Crippen LogP contribution >= 0.6 is 11.6 Å². The minimum atomic E-state index is -3.99. The summed E-state index contributed by atoms with van der Waals surface area (Å²) in [5, 5.41) is 4.55. The van der Waals surface area contributed by atoms with Crippen LogP contribution in [0.1, 0.15) is 12.5 Å². The van der Waals surface area contributed by atoms with Crippen LogP contribution in [-0.4, -0.2) is 33.7 Å². The Bertz CT molecular complexity index is 1200. The van der Waals surface area contributed by atoms with Crippen LogP contribution in [0.2, 0.25) is 5.02 Å². The Morgan fingerprint density at radius 3 is 2.22 bits per heavy atom. The number of hydrazone groups is 1. The third-order valence-corrected chi connectivity index (χ3v) is 6.63. The molecule has 0 heterocycles. The van der Waals surface area contributed by atoms with Gasteiger partial charge >= 0.3 is 0 Å². The molecular formula is C23H22ClN3O4S. The molecule has 9 heteroatoms. The average molecular weight is 472 g/mol. The summed E-state index contributed by atoms with van der Waals surface area (Å²) in [7, 11) is -2.42. The molecule has 0 aliphatic carbocycles. The van der Waals surface area contributed by atoms with Gasteiger partial charge in [0, 0.05) is 5.02 Å². The number of hydrogen-bond acceptors (Lipinski definition) is 5. The van der Waals surface area contributed by atoms with Gasteiger partial charge in [-0.1, -0.05) is 29.8 Å². The van der Waals surface area contributed by atoms with Gasteiger partial charge < -0.3 is 4.74 Å². The van der Waals surface area contributed by atoms with E-state index in [0.29, 0.717) is 22.2 Å². The molecule has 0 saturated carbocycles. The number of nitrogens with zero attached hydrogens (tertiary/aromatic N) is 2. The first-order valence-electron chi connectivity index (χ1n) is 9.62. The fourth-order valence-electron chi connectivity index (χ4n) is 2.85. The van der Waals surface area contributed by atoms with Crippen LogP contribution in [0.4, 0.5) is 5.69 Å². The van der Waals surface area contributed by atoms with Gasteiger partial charge in [-0.05, 0) is 73.2 Å². The number of carbonyl (C=O) groups excluding carboxylic acids is 1. The molecule has 0 bridgehead atoms. The van der Waals surface area contributed by atoms with Crippen LogP contribution in [0.5, 0.6) is 5.75 Å². The Hall–Kier alpha value is -3.36. The summed E-state index contributed by atoms with van der Waals surface area (Å²) in [5.74, 6) is 0.114. The fraction of sp³-hybridized carbons (Fsp3) is 0.130. The molecule has 1 amide bonds. The van der Waals surface area contributed by atoms with Gasteiger partial charge in [-0.15, -0.1) is 0 Å². The maximum Gasteiger partial charge on any atom is 0.264 e. The second kappa shape index (κ2) is 10.3. The minimum Gasteiger partial charge on any atom is -0.497 e. The summed E-state index contributed by atoms with van der Waals surface area (Å²) in [4.78, 5) is 12.7. The summed E-state index contributed by atoms with van der Waals surface area (Å²) < 4.78 is 32.6. The highest BCUT2D eigenvalue weighted by Crippen LogP contribution is 2.25. The fourth-order valence-corrected chi connectivity index (χ4v) is 4.42. The summed E-state index contributed by atoms with van der Waals surface area (Å²) in [6.45, 7) is 1.28. The van der Waals surface area contributed by atoms with E-state index in [4.69, 9.17) is 16.3 Å². The van der Waals surface area contributed by atoms with Crippen molar-refractivity contribution in [1.82, 2.24) is 5.43 Å². The highest BCUT2D eigenvalue weighted by atomic mass is 35.5. The van der Waals surface area contributed by atoms with Crippen LogP contribution in [0.25, 0.3) is 0 Å². The molecule has 1 N–H and O–H groups in total. The Morgan fingerprint density at radius 2 is 1.62 bits per heavy atom. The predicted molar refractivity (Wildman–Crippen MR) is 126 cm³/mol. The molecule has 3 rings (SSSR count). The maximum absolute atomic E-state index is 13.2. The van der Waals surface area contributed by atoms with Gasteiger partial charge in [0.25, 0.3) is 15.9 Å². The average Bonchev–Trinajstić information content (AvgIpc) is 2.82. The molecule has 32 heavy (non-hydrogen) atoms. The Morgan fingerprint density at radius 1 is 1.00 bits per heavy atom. The Balaban J connectivity index is 1.82. The van der Waals surface area contributed by atoms with Gasteiger partial charge in [-0.25, -0.2) is 13.8 Å². The van der Waals surface area contributed by atoms with E-state index in [2.05, 4.69) is 10.5 Å². The van der Waals surface area contributed by atoms with Gasteiger partial charge in [-0.2, -0.15) is 5.10 Å². The highest BCUT2D eigenvalue weighted by molar-refractivity contribution is 7.92. The number of carbonyl (C=O) groups is 1. The molecule has 0 radical (unpaired) electrons. The molecule has 0 unspecified atom stereocenters. The van der Waals surface area contributed by atoms with Crippen LogP contribution in [-0.2, 0) is 14.8 Å². The third kappa shape index (κ3) is 5.66. The summed E-state index contributed by atoms with van der Waals surface area (Å²) in [6.07, 6.45) is 0. The second-order valence-electron chi connectivity index (χ2n) is 6.76. The van der Waals surface area contributed by atoms with Crippen LogP contribution in [0.15, 0.2) is 88.9 Å². The lowest BCUT2D eigenvalue weighted by molar-refractivity contribution is -0.119. The van der Waals surface area contributed by atoms with Crippen LogP contribution in [0, 0.1) is 0 Å². The first kappa shape index (κ1) is 23.3. The number of anilines is 1. The zero-order valence-electron chi connectivity index (χ0n) is 17.5. The SMILES string of the molecule is COc1ccc(/C(C)=N\NC(=O)CN(c2ccc(Cl)cc2)S(=O)(=O)c2ccccc2)cc1. The van der Waals surface area contributed by atoms with Crippen molar-refractivity contribution in [1.29, 1.82) is 0 Å². The van der Waals surface area contributed by atoms with E-state index in [-0.39, 0.29) is 4.90 Å². The van der Waals surface area contributed by atoms with Crippen molar-refractivity contribution < 1.29 is 17.9 Å². The first-order valence-corrected chi connectivity index (χ1v) is 11.4. The van der Waals surface area contributed by atoms with Gasteiger partial charge in [0.2, 0.25) is 0 Å². The van der Waals surface area contributed by atoms with E-state index in [1.165, 1.54) is 12.1 Å². The molecule has 0 saturated heterocycles. The van der Waals surface area contributed by atoms with Crippen LogP contribution in [0.3, 0.4) is 0 Å². The molecule has 0 aliphatic heterocycles. The lowest BCUT2D eigenvalue weighted by atomic mass is 10.1. The summed E-state index contributed by atoms with van der Waals surface area (Å²) in [5.41, 5.74) is 4.09. The monoisotopic (exact) mass is 471 g/mol. The molecule has 0 aliphatic rings. The van der Waals surface area contributed by atoms with E-state index >= 15 is 0 Å². The van der Waals surface area contributed by atoms with Crippen molar-refractivity contribution in [3.63, 3.8) is 0 Å². The standard InChI is InChI=1S/C23H22ClN3O4S/c1-17(18-8-14-21(31-2)15-9-18)25-26-23(28)16-27(20-12-10-19(24)11-13-20)32(29,30)22-6-4-3-5-7-22/h3-15H,16H2,1-2H3,(H,26,28)/b25-17-. The van der Waals surface area contributed by atoms with E-state index in [9.17, 15) is 13.2 Å². The molecule has 0 spiro atoms. The lowest BCUT2D eigenvalue weighted by Gasteiger charge is -2.23. The van der Waals surface area contributed by atoms with Gasteiger partial charge in [-0.3, -0.25) is 9.10 Å². The number of halogens is 1. The molecular weight excluding hydrogens is 450 g/mol. The zero-order valence-corrected chi connectivity index (χ0v) is 19.1. The number of ether oxygens (including phenoxy) is 1. The van der Waals surface area contributed by atoms with Crippen molar-refractivity contribution >= 4 is 38.9 Å². The molecule has 7 nitrogen and oxygen atoms in total. The minimum absolute atomic E-state index is 0.0701. The van der Waals surface area contributed by atoms with Gasteiger partial charge in [0.05, 0.1) is 23.4 Å². The number of hydrogen-bond donors (Lipinski definition) is 1. The summed E-state index contributed by atoms with van der Waals surface area (Å²) in [6, 6.07) is 21.3. The molecule has 166 valence electrons. The van der Waals surface area contributed by atoms with E-state index in [0.717, 1.165) is 9.87 Å². The van der Waals surface area contributed by atoms with E-state index < -0.39 is 22.5 Å². The Labute approximate surface area is 192 Å². The van der Waals surface area contributed by atoms with Crippen molar-refractivity contribution in [2.24, 2.45) is 5.10 Å². The topological polar surface area (TPSA) is 88.1 Å². The first-order chi connectivity index (χ1) is 15.3. The smallest absolute Gasteiger partial charge is 0.264 e. The second-order valence-corrected chi connectivity index (χ2v) is 9.06. The molecule has 0 aromatic heterocycles. The number of benzene rings is 3. The molecule has 3 aromatic rings. The number of nitrogens with one attached hydrogen (secondary N) is 1. The van der Waals surface area contributed by atoms with Crippen LogP contribution < -0.4 is 14.5 Å². The van der Waals surface area contributed by atoms with Crippen molar-refractivity contribution in [3.8, 4) is 5.75 Å². The normalized spacial score (nSPS) is 11.7. The third-order valence-electron chi connectivity index (χ3n) is 4.59. The van der Waals surface area contributed by atoms with Crippen molar-refractivity contribution in [2.75, 3.05) is 18.0 Å². The number of amides is 1. The van der Waals surface area contributed by atoms with Gasteiger partial charge in [0.15, 0.2) is 0 Å². The van der Waals surface area contributed by atoms with Crippen molar-refractivity contribution in [3.05, 3.63) is 89.4 Å². The quantitative estimate of drug-likeness (QED) is 0.396. The lowest BCUT2D eigenvalue weighted by Crippen LogP contribution is -2.39. The number of methoxy groups -OCH3 is 1. The van der Waals surface area contributed by atoms with Crippen molar-refractivity contribution in [2.45, 2.75) is 11.8 Å². The number of sulfonamides is 1. The largest absolute Gasteiger partial charge is 0.497 e.